The van der Waals surface area contributed by atoms with E-state index in [0.29, 0.717) is 27.6 Å². The molecule has 106 valence electrons. The molecular weight excluding hydrogens is 290 g/mol. The summed E-state index contributed by atoms with van der Waals surface area (Å²) in [5.41, 5.74) is 8.07. The molecule has 0 heterocycles. The molecule has 0 atom stereocenters. The highest BCUT2D eigenvalue weighted by Crippen LogP contribution is 2.28. The highest BCUT2D eigenvalue weighted by Gasteiger charge is 2.11. The number of nitrogens with zero attached hydrogens (tertiary/aromatic N) is 1. The van der Waals surface area contributed by atoms with Crippen molar-refractivity contribution in [2.75, 3.05) is 18.2 Å². The predicted molar refractivity (Wildman–Crippen MR) is 81.6 cm³/mol. The summed E-state index contributed by atoms with van der Waals surface area (Å²) in [6, 6.07) is 11.8. The topological polar surface area (TPSA) is 88.1 Å². The van der Waals surface area contributed by atoms with Gasteiger partial charge in [0.25, 0.3) is 0 Å². The molecule has 6 heteroatoms. The second-order valence-electron chi connectivity index (χ2n) is 4.23. The van der Waals surface area contributed by atoms with E-state index in [-0.39, 0.29) is 5.56 Å². The van der Waals surface area contributed by atoms with Gasteiger partial charge in [0.15, 0.2) is 0 Å². The molecule has 0 saturated carbocycles. The first-order valence-corrected chi connectivity index (χ1v) is 6.37. The normalized spacial score (nSPS) is 9.76. The number of benzene rings is 2. The van der Waals surface area contributed by atoms with Gasteiger partial charge in [-0.1, -0.05) is 11.6 Å². The smallest absolute Gasteiger partial charge is 0.340 e. The number of carbonyl (C=O) groups is 1. The molecular formula is C15H12ClN3O2. The first-order valence-electron chi connectivity index (χ1n) is 5.99. The van der Waals surface area contributed by atoms with Crippen LogP contribution in [0.3, 0.4) is 0 Å². The molecule has 0 spiro atoms. The zero-order valence-electron chi connectivity index (χ0n) is 11.2. The molecule has 2 aromatic rings. The number of halogens is 1. The summed E-state index contributed by atoms with van der Waals surface area (Å²) in [7, 11) is 1.29. The summed E-state index contributed by atoms with van der Waals surface area (Å²) in [5, 5.41) is 12.3. The Morgan fingerprint density at radius 3 is 2.71 bits per heavy atom. The number of nitrogen functional groups attached to an aromatic ring is 1. The first-order chi connectivity index (χ1) is 10.0. The van der Waals surface area contributed by atoms with Crippen LogP contribution < -0.4 is 11.1 Å². The third-order valence-electron chi connectivity index (χ3n) is 2.84. The standard InChI is InChI=1S/C15H12ClN3O2/c1-21-15(20)11-7-10(3-4-13(11)18)19-14-5-2-9(8-17)6-12(14)16/h2-7,19H,18H2,1H3. The van der Waals surface area contributed by atoms with Crippen LogP contribution in [-0.4, -0.2) is 13.1 Å². The van der Waals surface area contributed by atoms with E-state index in [9.17, 15) is 4.79 Å². The van der Waals surface area contributed by atoms with Gasteiger partial charge in [-0.25, -0.2) is 4.79 Å². The lowest BCUT2D eigenvalue weighted by Gasteiger charge is -2.11. The van der Waals surface area contributed by atoms with Gasteiger partial charge in [-0.2, -0.15) is 5.26 Å². The van der Waals surface area contributed by atoms with E-state index in [2.05, 4.69) is 10.1 Å². The Bertz CT molecular complexity index is 738. The second-order valence-corrected chi connectivity index (χ2v) is 4.63. The fourth-order valence-electron chi connectivity index (χ4n) is 1.76. The van der Waals surface area contributed by atoms with Crippen LogP contribution in [0.5, 0.6) is 0 Å². The number of esters is 1. The van der Waals surface area contributed by atoms with Gasteiger partial charge in [0.05, 0.1) is 35.0 Å². The summed E-state index contributed by atoms with van der Waals surface area (Å²) in [6.45, 7) is 0. The van der Waals surface area contributed by atoms with E-state index in [1.807, 2.05) is 6.07 Å². The monoisotopic (exact) mass is 301 g/mol. The van der Waals surface area contributed by atoms with Gasteiger partial charge < -0.3 is 15.8 Å². The van der Waals surface area contributed by atoms with Crippen LogP contribution in [0, 0.1) is 11.3 Å². The molecule has 21 heavy (non-hydrogen) atoms. The molecule has 0 aliphatic rings. The number of nitriles is 1. The number of hydrogen-bond donors (Lipinski definition) is 2. The molecule has 0 saturated heterocycles. The van der Waals surface area contributed by atoms with E-state index in [1.165, 1.54) is 7.11 Å². The molecule has 2 rings (SSSR count). The van der Waals surface area contributed by atoms with Gasteiger partial charge in [-0.05, 0) is 36.4 Å². The molecule has 0 amide bonds. The van der Waals surface area contributed by atoms with Crippen molar-refractivity contribution in [3.8, 4) is 6.07 Å². The van der Waals surface area contributed by atoms with Gasteiger partial charge in [-0.15, -0.1) is 0 Å². The summed E-state index contributed by atoms with van der Waals surface area (Å²) in [6.07, 6.45) is 0. The maximum Gasteiger partial charge on any atom is 0.340 e. The third kappa shape index (κ3) is 3.25. The Hall–Kier alpha value is -2.71. The molecule has 0 radical (unpaired) electrons. The predicted octanol–water partition coefficient (Wildman–Crippen LogP) is 3.32. The Balaban J connectivity index is 2.32. The van der Waals surface area contributed by atoms with Crippen molar-refractivity contribution in [2.24, 2.45) is 0 Å². The van der Waals surface area contributed by atoms with Crippen molar-refractivity contribution in [3.63, 3.8) is 0 Å². The quantitative estimate of drug-likeness (QED) is 0.670. The Kier molecular flexibility index (Phi) is 4.31. The maximum atomic E-state index is 11.6. The van der Waals surface area contributed by atoms with E-state index in [4.69, 9.17) is 22.6 Å². The lowest BCUT2D eigenvalue weighted by Crippen LogP contribution is -2.06. The van der Waals surface area contributed by atoms with Crippen molar-refractivity contribution in [3.05, 3.63) is 52.5 Å². The average molecular weight is 302 g/mol. The maximum absolute atomic E-state index is 11.6. The van der Waals surface area contributed by atoms with Crippen LogP contribution in [0.15, 0.2) is 36.4 Å². The van der Waals surface area contributed by atoms with Gasteiger partial charge >= 0.3 is 5.97 Å². The Morgan fingerprint density at radius 1 is 1.33 bits per heavy atom. The van der Waals surface area contributed by atoms with Gasteiger partial charge in [-0.3, -0.25) is 0 Å². The van der Waals surface area contributed by atoms with E-state index < -0.39 is 5.97 Å². The van der Waals surface area contributed by atoms with Crippen LogP contribution in [0.4, 0.5) is 17.1 Å². The molecule has 0 aliphatic heterocycles. The third-order valence-corrected chi connectivity index (χ3v) is 3.15. The summed E-state index contributed by atoms with van der Waals surface area (Å²) < 4.78 is 4.67. The minimum atomic E-state index is -0.512. The van der Waals surface area contributed by atoms with Crippen LogP contribution in [0.2, 0.25) is 5.02 Å². The zero-order chi connectivity index (χ0) is 15.4. The second kappa shape index (κ2) is 6.16. The number of hydrogen-bond acceptors (Lipinski definition) is 5. The lowest BCUT2D eigenvalue weighted by molar-refractivity contribution is 0.0602. The number of ether oxygens (including phenoxy) is 1. The highest BCUT2D eigenvalue weighted by molar-refractivity contribution is 6.33. The fraction of sp³-hybridized carbons (Fsp3) is 0.0667. The Labute approximate surface area is 126 Å². The number of anilines is 3. The molecule has 3 N–H and O–H groups in total. The van der Waals surface area contributed by atoms with E-state index in [0.717, 1.165) is 0 Å². The Morgan fingerprint density at radius 2 is 2.10 bits per heavy atom. The minimum absolute atomic E-state index is 0.271. The van der Waals surface area contributed by atoms with Crippen molar-refractivity contribution in [1.82, 2.24) is 0 Å². The van der Waals surface area contributed by atoms with Gasteiger partial charge in [0.1, 0.15) is 0 Å². The fourth-order valence-corrected chi connectivity index (χ4v) is 1.99. The van der Waals surface area contributed by atoms with Crippen LogP contribution in [0.1, 0.15) is 15.9 Å². The summed E-state index contributed by atoms with van der Waals surface area (Å²) in [5.74, 6) is -0.512. The first kappa shape index (κ1) is 14.7. The number of carbonyl (C=O) groups excluding carboxylic acids is 1. The van der Waals surface area contributed by atoms with Crippen LogP contribution in [0.25, 0.3) is 0 Å². The van der Waals surface area contributed by atoms with Crippen molar-refractivity contribution in [1.29, 1.82) is 5.26 Å². The largest absolute Gasteiger partial charge is 0.465 e. The van der Waals surface area contributed by atoms with Gasteiger partial charge in [0, 0.05) is 11.4 Å². The molecule has 0 fully saturated rings. The van der Waals surface area contributed by atoms with Crippen molar-refractivity contribution < 1.29 is 9.53 Å². The lowest BCUT2D eigenvalue weighted by atomic mass is 10.1. The number of nitrogens with two attached hydrogens (primary N) is 1. The van der Waals surface area contributed by atoms with Crippen molar-refractivity contribution in [2.45, 2.75) is 0 Å². The van der Waals surface area contributed by atoms with Crippen LogP contribution >= 0.6 is 11.6 Å². The zero-order valence-corrected chi connectivity index (χ0v) is 11.9. The van der Waals surface area contributed by atoms with E-state index in [1.54, 1.807) is 36.4 Å². The van der Waals surface area contributed by atoms with Crippen LogP contribution in [-0.2, 0) is 4.74 Å². The number of rotatable bonds is 3. The SMILES string of the molecule is COC(=O)c1cc(Nc2ccc(C#N)cc2Cl)ccc1N. The molecule has 0 unspecified atom stereocenters. The highest BCUT2D eigenvalue weighted by atomic mass is 35.5. The average Bonchev–Trinajstić information content (AvgIpc) is 2.50. The van der Waals surface area contributed by atoms with E-state index >= 15 is 0 Å². The molecule has 2 aromatic carbocycles. The summed E-state index contributed by atoms with van der Waals surface area (Å²) in [4.78, 5) is 11.6. The molecule has 5 nitrogen and oxygen atoms in total. The number of methoxy groups -OCH3 is 1. The van der Waals surface area contributed by atoms with Gasteiger partial charge in [0.2, 0.25) is 0 Å². The molecule has 0 aromatic heterocycles. The van der Waals surface area contributed by atoms with Crippen molar-refractivity contribution >= 4 is 34.6 Å². The molecule has 0 aliphatic carbocycles. The molecule has 0 bridgehead atoms. The summed E-state index contributed by atoms with van der Waals surface area (Å²) >= 11 is 6.09. The number of nitrogens with one attached hydrogen (secondary N) is 1. The minimum Gasteiger partial charge on any atom is -0.465 e.